The maximum Gasteiger partial charge on any atom is 0.344 e. The van der Waals surface area contributed by atoms with Gasteiger partial charge in [0, 0.05) is 11.8 Å². The van der Waals surface area contributed by atoms with Gasteiger partial charge in [-0.25, -0.2) is 8.42 Å². The third-order valence-corrected chi connectivity index (χ3v) is 10.4. The lowest BCUT2D eigenvalue weighted by molar-refractivity contribution is -0.165. The van der Waals surface area contributed by atoms with Crippen LogP contribution in [-0.4, -0.2) is 42.4 Å². The van der Waals surface area contributed by atoms with Gasteiger partial charge in [0.15, 0.2) is 24.8 Å². The lowest BCUT2D eigenvalue weighted by atomic mass is 9.88. The number of carbonyl (C=O) groups is 2. The number of alkyl halides is 2. The maximum atomic E-state index is 13.0. The third kappa shape index (κ3) is 5.77. The zero-order chi connectivity index (χ0) is 28.5. The van der Waals surface area contributed by atoms with Crippen LogP contribution in [0.3, 0.4) is 0 Å². The lowest BCUT2D eigenvalue weighted by Gasteiger charge is -2.26. The van der Waals surface area contributed by atoms with Crippen molar-refractivity contribution in [3.05, 3.63) is 91.0 Å². The minimum absolute atomic E-state index is 0.0146. The summed E-state index contributed by atoms with van der Waals surface area (Å²) in [6.45, 7) is 0. The number of rotatable bonds is 7. The normalized spacial score (nSPS) is 24.8. The molecule has 5 unspecified atom stereocenters. The van der Waals surface area contributed by atoms with Gasteiger partial charge >= 0.3 is 17.2 Å². The molecule has 1 heterocycles. The molecule has 7 nitrogen and oxygen atoms in total. The Kier molecular flexibility index (Phi) is 7.98. The summed E-state index contributed by atoms with van der Waals surface area (Å²) in [5.74, 6) is -2.32. The zero-order valence-electron chi connectivity index (χ0n) is 21.1. The molecule has 2 bridgehead atoms. The smallest absolute Gasteiger partial charge is 0.344 e. The lowest BCUT2D eigenvalue weighted by Crippen LogP contribution is -2.38. The van der Waals surface area contributed by atoms with Crippen LogP contribution < -0.4 is 0 Å². The summed E-state index contributed by atoms with van der Waals surface area (Å²) < 4.78 is 67.0. The summed E-state index contributed by atoms with van der Waals surface area (Å²) in [5, 5.41) is -4.71. The molecule has 0 aromatic heterocycles. The Morgan fingerprint density at radius 3 is 1.82 bits per heavy atom. The van der Waals surface area contributed by atoms with Crippen molar-refractivity contribution in [2.45, 2.75) is 51.4 Å². The Morgan fingerprint density at radius 1 is 0.900 bits per heavy atom. The number of carbonyl (C=O) groups excluding carboxylic acids is 2. The van der Waals surface area contributed by atoms with Gasteiger partial charge in [-0.1, -0.05) is 54.6 Å². The zero-order valence-corrected chi connectivity index (χ0v) is 22.7. The fraction of sp³-hybridized carbons (Fsp3) is 0.310. The van der Waals surface area contributed by atoms with Crippen molar-refractivity contribution in [1.29, 1.82) is 0 Å². The predicted molar refractivity (Wildman–Crippen MR) is 140 cm³/mol. The fourth-order valence-electron chi connectivity index (χ4n) is 5.59. The molecule has 0 N–H and O–H groups in total. The van der Waals surface area contributed by atoms with Crippen molar-refractivity contribution in [3.8, 4) is 0 Å². The van der Waals surface area contributed by atoms with Gasteiger partial charge in [0.25, 0.3) is 0 Å². The van der Waals surface area contributed by atoms with E-state index < -0.39 is 40.0 Å². The Balaban J connectivity index is 0.000000162. The van der Waals surface area contributed by atoms with E-state index in [2.05, 4.69) is 91.0 Å². The van der Waals surface area contributed by atoms with E-state index in [1.54, 1.807) is 0 Å². The maximum absolute atomic E-state index is 13.0. The molecule has 0 spiro atoms. The molecule has 0 amide bonds. The van der Waals surface area contributed by atoms with Crippen molar-refractivity contribution >= 4 is 33.0 Å². The van der Waals surface area contributed by atoms with Crippen molar-refractivity contribution in [2.75, 3.05) is 0 Å². The minimum atomic E-state index is -5.93. The second-order valence-electron chi connectivity index (χ2n) is 9.87. The quantitative estimate of drug-likeness (QED) is 0.222. The van der Waals surface area contributed by atoms with E-state index in [9.17, 15) is 31.3 Å². The van der Waals surface area contributed by atoms with Crippen molar-refractivity contribution in [2.24, 2.45) is 17.8 Å². The molecular weight excluding hydrogens is 562 g/mol. The fourth-order valence-corrected chi connectivity index (χ4v) is 7.99. The number of esters is 2. The molecule has 3 aromatic carbocycles. The average Bonchev–Trinajstić information content (AvgIpc) is 3.56. The van der Waals surface area contributed by atoms with Crippen LogP contribution in [0.25, 0.3) is 0 Å². The first-order valence-corrected chi connectivity index (χ1v) is 15.3. The summed E-state index contributed by atoms with van der Waals surface area (Å²) in [4.78, 5) is 27.0. The highest BCUT2D eigenvalue weighted by Crippen LogP contribution is 2.55. The molecule has 2 aliphatic carbocycles. The molecule has 11 heteroatoms. The van der Waals surface area contributed by atoms with Crippen LogP contribution in [0.15, 0.2) is 106 Å². The van der Waals surface area contributed by atoms with Gasteiger partial charge in [-0.2, -0.15) is 8.78 Å². The van der Waals surface area contributed by atoms with Crippen molar-refractivity contribution in [1.82, 2.24) is 0 Å². The number of benzene rings is 3. The van der Waals surface area contributed by atoms with Crippen LogP contribution in [0.2, 0.25) is 0 Å². The first-order chi connectivity index (χ1) is 19.0. The number of ether oxygens (including phenoxy) is 2. The second-order valence-corrected chi connectivity index (χ2v) is 13.4. The minimum Gasteiger partial charge on any atom is -0.743 e. The molecule has 3 aliphatic rings. The van der Waals surface area contributed by atoms with Crippen molar-refractivity contribution in [3.63, 3.8) is 0 Å². The molecular formula is C29H26F2O7S2. The van der Waals surface area contributed by atoms with Gasteiger partial charge in [-0.3, -0.25) is 9.59 Å². The molecule has 40 heavy (non-hydrogen) atoms. The molecule has 5 atom stereocenters. The van der Waals surface area contributed by atoms with Crippen molar-refractivity contribution < 1.29 is 40.8 Å². The van der Waals surface area contributed by atoms with Crippen LogP contribution in [0, 0.1) is 17.8 Å². The molecule has 0 radical (unpaired) electrons. The van der Waals surface area contributed by atoms with Crippen LogP contribution >= 0.6 is 0 Å². The SMILES string of the molecule is O=C(CC(F)(F)S(=O)(=O)[O-])OC1C2CC3C(=O)OC1C3C2.c1ccc([S+](c2ccccc2)c2ccccc2)cc1. The Bertz CT molecular complexity index is 1360. The monoisotopic (exact) mass is 588 g/mol. The van der Waals surface area contributed by atoms with E-state index in [0.29, 0.717) is 12.8 Å². The van der Waals surface area contributed by atoms with Gasteiger partial charge in [0.2, 0.25) is 0 Å². The molecule has 6 rings (SSSR count). The van der Waals surface area contributed by atoms with Crippen LogP contribution in [0.4, 0.5) is 8.78 Å². The summed E-state index contributed by atoms with van der Waals surface area (Å²) in [7, 11) is -5.95. The van der Waals surface area contributed by atoms with Gasteiger partial charge < -0.3 is 14.0 Å². The van der Waals surface area contributed by atoms with Gasteiger partial charge in [-0.05, 0) is 49.2 Å². The van der Waals surface area contributed by atoms with E-state index >= 15 is 0 Å². The number of fused-ring (bicyclic) bond motifs is 1. The Hall–Kier alpha value is -3.28. The van der Waals surface area contributed by atoms with Gasteiger partial charge in [0.05, 0.1) is 16.8 Å². The first-order valence-electron chi connectivity index (χ1n) is 12.7. The van der Waals surface area contributed by atoms with Crippen LogP contribution in [-0.2, 0) is 40.1 Å². The average molecular weight is 589 g/mol. The number of halogens is 2. The largest absolute Gasteiger partial charge is 0.743 e. The molecule has 1 aliphatic heterocycles. The summed E-state index contributed by atoms with van der Waals surface area (Å²) in [5.41, 5.74) is 0. The van der Waals surface area contributed by atoms with Crippen LogP contribution in [0.1, 0.15) is 19.3 Å². The molecule has 3 fully saturated rings. The van der Waals surface area contributed by atoms with E-state index in [4.69, 9.17) is 9.47 Å². The van der Waals surface area contributed by atoms with Gasteiger partial charge in [0.1, 0.15) is 18.6 Å². The van der Waals surface area contributed by atoms with Gasteiger partial charge in [-0.15, -0.1) is 0 Å². The van der Waals surface area contributed by atoms with E-state index in [1.807, 2.05) is 0 Å². The number of hydrogen-bond acceptors (Lipinski definition) is 7. The molecule has 2 saturated carbocycles. The Labute approximate surface area is 233 Å². The number of hydrogen-bond donors (Lipinski definition) is 0. The Morgan fingerprint density at radius 2 is 1.38 bits per heavy atom. The topological polar surface area (TPSA) is 110 Å². The highest BCUT2D eigenvalue weighted by atomic mass is 32.2. The third-order valence-electron chi connectivity index (χ3n) is 7.33. The molecule has 210 valence electrons. The van der Waals surface area contributed by atoms with E-state index in [0.717, 1.165) is 0 Å². The van der Waals surface area contributed by atoms with E-state index in [1.165, 1.54) is 14.7 Å². The summed E-state index contributed by atoms with van der Waals surface area (Å²) in [6, 6.07) is 32.2. The molecule has 3 aromatic rings. The summed E-state index contributed by atoms with van der Waals surface area (Å²) >= 11 is 0. The first kappa shape index (κ1) is 28.3. The van der Waals surface area contributed by atoms with Crippen LogP contribution in [0.5, 0.6) is 0 Å². The highest BCUT2D eigenvalue weighted by Gasteiger charge is 2.63. The predicted octanol–water partition coefficient (Wildman–Crippen LogP) is 4.79. The van der Waals surface area contributed by atoms with E-state index in [-0.39, 0.29) is 34.6 Å². The standard InChI is InChI=1S/C18H15S.C11H12F2O7S/c1-4-10-16(11-5-1)19(17-12-6-2-7-13-17)18-14-8-3-9-15-18;12-11(13,21(16,17)18)3-7(14)19-8-4-1-5-6(2-4)10(15)20-9(5)8/h1-15H;4-6,8-9H,1-3H2,(H,16,17,18)/q+1;/p-1. The molecule has 1 saturated heterocycles. The summed E-state index contributed by atoms with van der Waals surface area (Å²) in [6.07, 6.45) is -2.25. The highest BCUT2D eigenvalue weighted by molar-refractivity contribution is 7.97. The second kappa shape index (κ2) is 11.3.